The maximum atomic E-state index is 15.0. The molecule has 7 heteroatoms. The summed E-state index contributed by atoms with van der Waals surface area (Å²) in [7, 11) is 1.95. The number of piperidine rings is 1. The van der Waals surface area contributed by atoms with Gasteiger partial charge in [0.2, 0.25) is 0 Å². The van der Waals surface area contributed by atoms with Crippen molar-refractivity contribution >= 4 is 34.9 Å². The van der Waals surface area contributed by atoms with Crippen molar-refractivity contribution in [3.8, 4) is 0 Å². The van der Waals surface area contributed by atoms with Crippen LogP contribution in [0.3, 0.4) is 0 Å². The minimum absolute atomic E-state index is 0. The molecule has 2 aliphatic rings. The summed E-state index contributed by atoms with van der Waals surface area (Å²) >= 11 is 0. The summed E-state index contributed by atoms with van der Waals surface area (Å²) in [5.41, 5.74) is 9.37. The third-order valence-electron chi connectivity index (χ3n) is 5.46. The zero-order valence-corrected chi connectivity index (χ0v) is 15.1. The van der Waals surface area contributed by atoms with E-state index in [4.69, 9.17) is 5.73 Å². The van der Waals surface area contributed by atoms with Crippen molar-refractivity contribution in [1.82, 2.24) is 10.3 Å². The molecule has 1 aliphatic heterocycles. The van der Waals surface area contributed by atoms with Crippen LogP contribution in [0.15, 0.2) is 6.07 Å². The molecule has 1 saturated heterocycles. The SMILES string of the molecule is CN[C@H]1CCCN(c2c(F)cc(C(N)=O)c3[nH]c4c(c23)CCC4)C1.Cl. The Morgan fingerprint density at radius 2 is 2.20 bits per heavy atom. The molecule has 0 spiro atoms. The summed E-state index contributed by atoms with van der Waals surface area (Å²) in [6, 6.07) is 1.66. The van der Waals surface area contributed by atoms with E-state index in [1.165, 1.54) is 6.07 Å². The lowest BCUT2D eigenvalue weighted by Crippen LogP contribution is -2.44. The van der Waals surface area contributed by atoms with Gasteiger partial charge in [-0.2, -0.15) is 0 Å². The molecular formula is C18H24ClFN4O. The van der Waals surface area contributed by atoms with E-state index in [1.807, 2.05) is 7.05 Å². The van der Waals surface area contributed by atoms with Gasteiger partial charge in [0.05, 0.1) is 16.8 Å². The Hall–Kier alpha value is -1.79. The molecule has 1 atom stereocenters. The highest BCUT2D eigenvalue weighted by atomic mass is 35.5. The van der Waals surface area contributed by atoms with Crippen molar-refractivity contribution in [2.45, 2.75) is 38.1 Å². The summed E-state index contributed by atoms with van der Waals surface area (Å²) in [6.45, 7) is 1.61. The lowest BCUT2D eigenvalue weighted by atomic mass is 10.00. The number of halogens is 2. The van der Waals surface area contributed by atoms with Crippen LogP contribution >= 0.6 is 12.4 Å². The van der Waals surface area contributed by atoms with Crippen molar-refractivity contribution in [3.05, 3.63) is 28.7 Å². The first kappa shape index (κ1) is 18.0. The van der Waals surface area contributed by atoms with Gasteiger partial charge in [0.15, 0.2) is 0 Å². The van der Waals surface area contributed by atoms with E-state index in [-0.39, 0.29) is 23.8 Å². The number of aromatic nitrogens is 1. The summed E-state index contributed by atoms with van der Waals surface area (Å²) in [5.74, 6) is -0.932. The lowest BCUT2D eigenvalue weighted by molar-refractivity contribution is 0.100. The van der Waals surface area contributed by atoms with Gasteiger partial charge in [-0.3, -0.25) is 4.79 Å². The standard InChI is InChI=1S/C18H23FN4O.ClH/c1-21-10-4-3-7-23(9-10)17-13(19)8-12(18(20)24)16-15(17)11-5-2-6-14(11)22-16;/h8,10,21-22H,2-7,9H2,1H3,(H2,20,24);1H/t10-;/m0./s1. The van der Waals surface area contributed by atoms with Crippen LogP contribution in [-0.2, 0) is 12.8 Å². The number of likely N-dealkylation sites (N-methyl/N-ethyl adjacent to an activating group) is 1. The zero-order valence-electron chi connectivity index (χ0n) is 14.3. The summed E-state index contributed by atoms with van der Waals surface area (Å²) in [6.07, 6.45) is 5.06. The molecule has 2 aromatic rings. The second-order valence-corrected chi connectivity index (χ2v) is 6.88. The largest absolute Gasteiger partial charge is 0.367 e. The number of rotatable bonds is 3. The van der Waals surface area contributed by atoms with E-state index < -0.39 is 5.91 Å². The van der Waals surface area contributed by atoms with Gasteiger partial charge in [-0.05, 0) is 50.8 Å². The molecule has 0 radical (unpaired) electrons. The van der Waals surface area contributed by atoms with Crippen LogP contribution in [0.1, 0.15) is 40.9 Å². The number of hydrogen-bond donors (Lipinski definition) is 3. The quantitative estimate of drug-likeness (QED) is 0.781. The normalized spacial score (nSPS) is 19.8. The van der Waals surface area contributed by atoms with Crippen LogP contribution in [-0.4, -0.2) is 37.1 Å². The second kappa shape index (κ2) is 6.84. The first-order chi connectivity index (χ1) is 11.6. The van der Waals surface area contributed by atoms with Crippen LogP contribution in [0.2, 0.25) is 0 Å². The second-order valence-electron chi connectivity index (χ2n) is 6.88. The smallest absolute Gasteiger partial charge is 0.250 e. The molecule has 4 N–H and O–H groups in total. The number of benzene rings is 1. The van der Waals surface area contributed by atoms with E-state index in [0.29, 0.717) is 17.2 Å². The average Bonchev–Trinajstić information content (AvgIpc) is 3.15. The van der Waals surface area contributed by atoms with Gasteiger partial charge in [0.1, 0.15) is 5.82 Å². The average molecular weight is 367 g/mol. The molecule has 1 aromatic heterocycles. The molecule has 1 amide bonds. The molecular weight excluding hydrogens is 343 g/mol. The highest BCUT2D eigenvalue weighted by Crippen LogP contribution is 2.40. The fraction of sp³-hybridized carbons (Fsp3) is 0.500. The fourth-order valence-corrected chi connectivity index (χ4v) is 4.29. The highest BCUT2D eigenvalue weighted by molar-refractivity contribution is 6.10. The van der Waals surface area contributed by atoms with Crippen molar-refractivity contribution in [2.75, 3.05) is 25.0 Å². The van der Waals surface area contributed by atoms with Crippen LogP contribution < -0.4 is 16.0 Å². The number of carbonyl (C=O) groups is 1. The molecule has 1 aromatic carbocycles. The van der Waals surface area contributed by atoms with Crippen molar-refractivity contribution in [3.63, 3.8) is 0 Å². The van der Waals surface area contributed by atoms with Crippen LogP contribution in [0, 0.1) is 5.82 Å². The Labute approximate surface area is 152 Å². The predicted octanol–water partition coefficient (Wildman–Crippen LogP) is 2.50. The first-order valence-corrected chi connectivity index (χ1v) is 8.68. The maximum Gasteiger partial charge on any atom is 0.250 e. The number of nitrogens with zero attached hydrogens (tertiary/aromatic N) is 1. The lowest BCUT2D eigenvalue weighted by Gasteiger charge is -2.35. The Bertz CT molecular complexity index is 819. The van der Waals surface area contributed by atoms with E-state index >= 15 is 4.39 Å². The fourth-order valence-electron chi connectivity index (χ4n) is 4.29. The summed E-state index contributed by atoms with van der Waals surface area (Å²) in [4.78, 5) is 17.3. The Balaban J connectivity index is 0.00000182. The topological polar surface area (TPSA) is 74.2 Å². The van der Waals surface area contributed by atoms with Gasteiger partial charge in [-0.25, -0.2) is 4.39 Å². The highest BCUT2D eigenvalue weighted by Gasteiger charge is 2.29. The van der Waals surface area contributed by atoms with Gasteiger partial charge in [-0.1, -0.05) is 0 Å². The van der Waals surface area contributed by atoms with Gasteiger partial charge in [-0.15, -0.1) is 12.4 Å². The molecule has 0 unspecified atom stereocenters. The van der Waals surface area contributed by atoms with Crippen molar-refractivity contribution in [1.29, 1.82) is 0 Å². The number of amides is 1. The molecule has 1 fully saturated rings. The number of aromatic amines is 1. The van der Waals surface area contributed by atoms with Gasteiger partial charge in [0.25, 0.3) is 5.91 Å². The minimum atomic E-state index is -0.586. The monoisotopic (exact) mass is 366 g/mol. The maximum absolute atomic E-state index is 15.0. The van der Waals surface area contributed by atoms with Crippen LogP contribution in [0.5, 0.6) is 0 Å². The van der Waals surface area contributed by atoms with Gasteiger partial charge >= 0.3 is 0 Å². The zero-order chi connectivity index (χ0) is 16.8. The van der Waals surface area contributed by atoms with Crippen LogP contribution in [0.4, 0.5) is 10.1 Å². The number of carbonyl (C=O) groups excluding carboxylic acids is 1. The van der Waals surface area contributed by atoms with Crippen LogP contribution in [0.25, 0.3) is 10.9 Å². The third kappa shape index (κ3) is 2.87. The molecule has 2 heterocycles. The molecule has 0 bridgehead atoms. The Morgan fingerprint density at radius 1 is 1.40 bits per heavy atom. The van der Waals surface area contributed by atoms with E-state index in [2.05, 4.69) is 15.2 Å². The van der Waals surface area contributed by atoms with Crippen molar-refractivity contribution in [2.24, 2.45) is 5.73 Å². The predicted molar refractivity (Wildman–Crippen MR) is 100 cm³/mol. The molecule has 1 aliphatic carbocycles. The number of nitrogens with one attached hydrogen (secondary N) is 2. The van der Waals surface area contributed by atoms with Crippen molar-refractivity contribution < 1.29 is 9.18 Å². The van der Waals surface area contributed by atoms with Gasteiger partial charge in [0, 0.05) is 30.2 Å². The third-order valence-corrected chi connectivity index (χ3v) is 5.46. The van der Waals surface area contributed by atoms with E-state index in [9.17, 15) is 4.79 Å². The minimum Gasteiger partial charge on any atom is -0.367 e. The number of aryl methyl sites for hydroxylation is 2. The summed E-state index contributed by atoms with van der Waals surface area (Å²) < 4.78 is 15.0. The molecule has 0 saturated carbocycles. The Kier molecular flexibility index (Phi) is 4.93. The molecule has 136 valence electrons. The first-order valence-electron chi connectivity index (χ1n) is 8.68. The molecule has 25 heavy (non-hydrogen) atoms. The van der Waals surface area contributed by atoms with E-state index in [0.717, 1.165) is 61.8 Å². The number of anilines is 1. The Morgan fingerprint density at radius 3 is 2.92 bits per heavy atom. The van der Waals surface area contributed by atoms with Gasteiger partial charge < -0.3 is 20.9 Å². The van der Waals surface area contributed by atoms with E-state index in [1.54, 1.807) is 0 Å². The molecule has 4 rings (SSSR count). The number of primary amides is 1. The summed E-state index contributed by atoms with van der Waals surface area (Å²) in [5, 5.41) is 4.17. The number of H-pyrrole nitrogens is 1. The number of nitrogens with two attached hydrogens (primary N) is 1. The number of fused-ring (bicyclic) bond motifs is 3. The molecule has 5 nitrogen and oxygen atoms in total. The number of hydrogen-bond acceptors (Lipinski definition) is 3.